The van der Waals surface area contributed by atoms with E-state index in [4.69, 9.17) is 19.2 Å². The van der Waals surface area contributed by atoms with Gasteiger partial charge in [-0.25, -0.2) is 4.99 Å². The minimum absolute atomic E-state index is 0.536. The standard InChI is InChI=1S/C25H38N4O3/c1-5-26-25(28-18-21-8-11-23(12-9-21)27-13-14-30-4)29-19-22-10-7-20(3)17-24(22)32-16-15-31-6-2/h7-12,17,27H,5-6,13-16,18-19H2,1-4H3,(H2,26,28,29). The van der Waals surface area contributed by atoms with Gasteiger partial charge in [-0.3, -0.25) is 0 Å². The molecule has 0 aliphatic carbocycles. The van der Waals surface area contributed by atoms with E-state index in [2.05, 4.69) is 72.3 Å². The largest absolute Gasteiger partial charge is 0.491 e. The molecule has 3 N–H and O–H groups in total. The molecule has 176 valence electrons. The summed E-state index contributed by atoms with van der Waals surface area (Å²) in [6.07, 6.45) is 0. The number of guanidine groups is 1. The topological polar surface area (TPSA) is 76.1 Å². The summed E-state index contributed by atoms with van der Waals surface area (Å²) in [6.45, 7) is 11.4. The Kier molecular flexibility index (Phi) is 12.0. The second-order valence-electron chi connectivity index (χ2n) is 7.32. The zero-order valence-corrected chi connectivity index (χ0v) is 19.9. The van der Waals surface area contributed by atoms with E-state index in [1.165, 1.54) is 5.56 Å². The predicted molar refractivity (Wildman–Crippen MR) is 132 cm³/mol. The van der Waals surface area contributed by atoms with Gasteiger partial charge in [-0.2, -0.15) is 0 Å². The summed E-state index contributed by atoms with van der Waals surface area (Å²) < 4.78 is 16.4. The number of anilines is 1. The number of benzene rings is 2. The summed E-state index contributed by atoms with van der Waals surface area (Å²) in [5.74, 6) is 1.65. The summed E-state index contributed by atoms with van der Waals surface area (Å²) in [5, 5.41) is 10.0. The highest BCUT2D eigenvalue weighted by molar-refractivity contribution is 5.79. The Bertz CT molecular complexity index is 809. The van der Waals surface area contributed by atoms with Gasteiger partial charge in [0.15, 0.2) is 5.96 Å². The molecule has 7 heteroatoms. The van der Waals surface area contributed by atoms with Crippen LogP contribution in [0.15, 0.2) is 47.5 Å². The van der Waals surface area contributed by atoms with Crippen LogP contribution in [0.1, 0.15) is 30.5 Å². The van der Waals surface area contributed by atoms with Crippen LogP contribution in [0.4, 0.5) is 5.69 Å². The highest BCUT2D eigenvalue weighted by atomic mass is 16.5. The minimum Gasteiger partial charge on any atom is -0.491 e. The van der Waals surface area contributed by atoms with Gasteiger partial charge in [0.2, 0.25) is 0 Å². The molecule has 0 saturated heterocycles. The van der Waals surface area contributed by atoms with Gasteiger partial charge in [0.05, 0.1) is 19.8 Å². The van der Waals surface area contributed by atoms with Crippen molar-refractivity contribution in [2.24, 2.45) is 4.99 Å². The van der Waals surface area contributed by atoms with Crippen molar-refractivity contribution >= 4 is 11.6 Å². The molecule has 0 aliphatic rings. The molecule has 0 unspecified atom stereocenters. The molecular weight excluding hydrogens is 404 g/mol. The molecule has 0 aliphatic heterocycles. The fraction of sp³-hybridized carbons (Fsp3) is 0.480. The molecule has 0 bridgehead atoms. The van der Waals surface area contributed by atoms with E-state index in [1.807, 2.05) is 6.92 Å². The zero-order chi connectivity index (χ0) is 23.0. The van der Waals surface area contributed by atoms with Gasteiger partial charge in [0.1, 0.15) is 12.4 Å². The number of nitrogens with one attached hydrogen (secondary N) is 3. The van der Waals surface area contributed by atoms with Crippen LogP contribution in [0.25, 0.3) is 0 Å². The van der Waals surface area contributed by atoms with Crippen LogP contribution in [0.3, 0.4) is 0 Å². The molecule has 0 amide bonds. The third kappa shape index (κ3) is 9.58. The van der Waals surface area contributed by atoms with Crippen LogP contribution in [-0.2, 0) is 22.6 Å². The zero-order valence-electron chi connectivity index (χ0n) is 19.9. The number of aliphatic imine (C=N–C) groups is 1. The fourth-order valence-corrected chi connectivity index (χ4v) is 3.01. The van der Waals surface area contributed by atoms with Crippen molar-refractivity contribution in [3.05, 3.63) is 59.2 Å². The third-order valence-corrected chi connectivity index (χ3v) is 4.71. The van der Waals surface area contributed by atoms with Gasteiger partial charge < -0.3 is 30.2 Å². The van der Waals surface area contributed by atoms with Crippen LogP contribution in [0, 0.1) is 6.92 Å². The van der Waals surface area contributed by atoms with Crippen molar-refractivity contribution in [1.29, 1.82) is 0 Å². The van der Waals surface area contributed by atoms with Crippen LogP contribution in [0.5, 0.6) is 5.75 Å². The second kappa shape index (κ2) is 15.1. The second-order valence-corrected chi connectivity index (χ2v) is 7.32. The molecule has 2 aromatic rings. The highest BCUT2D eigenvalue weighted by Gasteiger charge is 2.06. The minimum atomic E-state index is 0.536. The Hall–Kier alpha value is -2.77. The molecule has 0 heterocycles. The van der Waals surface area contributed by atoms with Gasteiger partial charge in [0, 0.05) is 44.6 Å². The van der Waals surface area contributed by atoms with Crippen molar-refractivity contribution in [3.63, 3.8) is 0 Å². The monoisotopic (exact) mass is 442 g/mol. The SMILES string of the molecule is CCNC(=NCc1ccc(NCCOC)cc1)NCc1ccc(C)cc1OCCOCC. The Morgan fingerprint density at radius 3 is 2.50 bits per heavy atom. The van der Waals surface area contributed by atoms with Crippen molar-refractivity contribution in [2.75, 3.05) is 51.9 Å². The van der Waals surface area contributed by atoms with Crippen molar-refractivity contribution in [3.8, 4) is 5.75 Å². The van der Waals surface area contributed by atoms with E-state index in [1.54, 1.807) is 7.11 Å². The Balaban J connectivity index is 1.94. The maximum atomic E-state index is 5.95. The first-order valence-electron chi connectivity index (χ1n) is 11.3. The van der Waals surface area contributed by atoms with Gasteiger partial charge in [-0.1, -0.05) is 24.3 Å². The average Bonchev–Trinajstić information content (AvgIpc) is 2.80. The number of nitrogens with zero attached hydrogens (tertiary/aromatic N) is 1. The van der Waals surface area contributed by atoms with Crippen LogP contribution in [0.2, 0.25) is 0 Å². The van der Waals surface area contributed by atoms with E-state index in [0.29, 0.717) is 39.5 Å². The smallest absolute Gasteiger partial charge is 0.191 e. The lowest BCUT2D eigenvalue weighted by Gasteiger charge is -2.15. The summed E-state index contributed by atoms with van der Waals surface area (Å²) in [4.78, 5) is 4.73. The molecule has 0 aromatic heterocycles. The van der Waals surface area contributed by atoms with E-state index in [0.717, 1.165) is 41.6 Å². The maximum absolute atomic E-state index is 5.95. The lowest BCUT2D eigenvalue weighted by molar-refractivity contribution is 0.110. The first-order chi connectivity index (χ1) is 15.7. The van der Waals surface area contributed by atoms with Gasteiger partial charge in [-0.15, -0.1) is 0 Å². The Labute approximate surface area is 192 Å². The Morgan fingerprint density at radius 1 is 0.969 bits per heavy atom. The van der Waals surface area contributed by atoms with Crippen molar-refractivity contribution < 1.29 is 14.2 Å². The maximum Gasteiger partial charge on any atom is 0.191 e. The first-order valence-corrected chi connectivity index (χ1v) is 11.3. The molecule has 2 rings (SSSR count). The lowest BCUT2D eigenvalue weighted by atomic mass is 10.1. The molecule has 7 nitrogen and oxygen atoms in total. The quantitative estimate of drug-likeness (QED) is 0.235. The van der Waals surface area contributed by atoms with Crippen molar-refractivity contribution in [2.45, 2.75) is 33.9 Å². The van der Waals surface area contributed by atoms with E-state index >= 15 is 0 Å². The van der Waals surface area contributed by atoms with Crippen LogP contribution < -0.4 is 20.7 Å². The molecule has 0 atom stereocenters. The molecule has 32 heavy (non-hydrogen) atoms. The molecular formula is C25H38N4O3. The molecule has 0 radical (unpaired) electrons. The summed E-state index contributed by atoms with van der Waals surface area (Å²) in [7, 11) is 1.70. The van der Waals surface area contributed by atoms with Crippen LogP contribution >= 0.6 is 0 Å². The van der Waals surface area contributed by atoms with E-state index in [9.17, 15) is 0 Å². The number of hydrogen-bond acceptors (Lipinski definition) is 5. The van der Waals surface area contributed by atoms with Crippen molar-refractivity contribution in [1.82, 2.24) is 10.6 Å². The summed E-state index contributed by atoms with van der Waals surface area (Å²) in [5.41, 5.74) is 4.48. The summed E-state index contributed by atoms with van der Waals surface area (Å²) >= 11 is 0. The third-order valence-electron chi connectivity index (χ3n) is 4.71. The molecule has 0 spiro atoms. The van der Waals surface area contributed by atoms with E-state index in [-0.39, 0.29) is 0 Å². The number of hydrogen-bond donors (Lipinski definition) is 3. The van der Waals surface area contributed by atoms with Gasteiger partial charge >= 0.3 is 0 Å². The van der Waals surface area contributed by atoms with E-state index < -0.39 is 0 Å². The van der Waals surface area contributed by atoms with Gasteiger partial charge in [0.25, 0.3) is 0 Å². The lowest BCUT2D eigenvalue weighted by Crippen LogP contribution is -2.36. The average molecular weight is 443 g/mol. The molecule has 0 fully saturated rings. The number of methoxy groups -OCH3 is 1. The van der Waals surface area contributed by atoms with Gasteiger partial charge in [-0.05, 0) is 50.1 Å². The predicted octanol–water partition coefficient (Wildman–Crippen LogP) is 3.72. The number of rotatable bonds is 14. The molecule has 0 saturated carbocycles. The Morgan fingerprint density at radius 2 is 1.78 bits per heavy atom. The summed E-state index contributed by atoms with van der Waals surface area (Å²) in [6, 6.07) is 14.6. The van der Waals surface area contributed by atoms with Crippen LogP contribution in [-0.4, -0.2) is 52.6 Å². The molecule has 2 aromatic carbocycles. The first kappa shape index (κ1) is 25.5. The fourth-order valence-electron chi connectivity index (χ4n) is 3.01. The highest BCUT2D eigenvalue weighted by Crippen LogP contribution is 2.20. The normalized spacial score (nSPS) is 11.3. The number of ether oxygens (including phenoxy) is 3. The number of aryl methyl sites for hydroxylation is 1.